The summed E-state index contributed by atoms with van der Waals surface area (Å²) in [6.07, 6.45) is 3.58. The molecule has 0 spiro atoms. The first-order valence-electron chi connectivity index (χ1n) is 6.73. The molecule has 0 heterocycles. The zero-order valence-corrected chi connectivity index (χ0v) is 13.0. The van der Waals surface area contributed by atoms with E-state index in [1.54, 1.807) is 0 Å². The van der Waals surface area contributed by atoms with Crippen molar-refractivity contribution in [2.75, 3.05) is 5.32 Å². The Hall–Kier alpha value is -1.03. The van der Waals surface area contributed by atoms with Gasteiger partial charge in [0.05, 0.1) is 5.92 Å². The van der Waals surface area contributed by atoms with Crippen molar-refractivity contribution in [2.45, 2.75) is 45.6 Å². The SMILES string of the molecule is Cc1cc(NC2CCCC(C(=O)O)C2)cc(C)c1Br. The van der Waals surface area contributed by atoms with Crippen molar-refractivity contribution in [1.29, 1.82) is 0 Å². The van der Waals surface area contributed by atoms with Gasteiger partial charge in [0.1, 0.15) is 0 Å². The average Bonchev–Trinajstić information content (AvgIpc) is 2.36. The van der Waals surface area contributed by atoms with Crippen molar-refractivity contribution >= 4 is 27.6 Å². The normalized spacial score (nSPS) is 23.1. The van der Waals surface area contributed by atoms with Gasteiger partial charge < -0.3 is 10.4 Å². The van der Waals surface area contributed by atoms with E-state index in [0.717, 1.165) is 35.8 Å². The second kappa shape index (κ2) is 5.95. The molecule has 2 atom stereocenters. The van der Waals surface area contributed by atoms with Crippen molar-refractivity contribution in [3.63, 3.8) is 0 Å². The van der Waals surface area contributed by atoms with Crippen molar-refractivity contribution in [1.82, 2.24) is 0 Å². The predicted molar refractivity (Wildman–Crippen MR) is 80.6 cm³/mol. The summed E-state index contributed by atoms with van der Waals surface area (Å²) in [5.41, 5.74) is 3.50. The van der Waals surface area contributed by atoms with E-state index in [0.29, 0.717) is 0 Å². The summed E-state index contributed by atoms with van der Waals surface area (Å²) in [6.45, 7) is 4.15. The third kappa shape index (κ3) is 3.50. The van der Waals surface area contributed by atoms with Gasteiger partial charge in [0.15, 0.2) is 0 Å². The molecular weight excluding hydrogens is 306 g/mol. The van der Waals surface area contributed by atoms with Crippen LogP contribution < -0.4 is 5.32 Å². The van der Waals surface area contributed by atoms with Crippen LogP contribution in [0, 0.1) is 19.8 Å². The van der Waals surface area contributed by atoms with Crippen LogP contribution in [0.25, 0.3) is 0 Å². The van der Waals surface area contributed by atoms with Crippen LogP contribution in [0.3, 0.4) is 0 Å². The minimum absolute atomic E-state index is 0.191. The monoisotopic (exact) mass is 325 g/mol. The smallest absolute Gasteiger partial charge is 0.306 e. The zero-order valence-electron chi connectivity index (χ0n) is 11.4. The molecule has 0 aliphatic heterocycles. The minimum atomic E-state index is -0.658. The molecule has 0 radical (unpaired) electrons. The van der Waals surface area contributed by atoms with Crippen LogP contribution in [-0.4, -0.2) is 17.1 Å². The number of hydrogen-bond acceptors (Lipinski definition) is 2. The van der Waals surface area contributed by atoms with E-state index in [1.165, 1.54) is 11.1 Å². The molecule has 19 heavy (non-hydrogen) atoms. The highest BCUT2D eigenvalue weighted by molar-refractivity contribution is 9.10. The van der Waals surface area contributed by atoms with E-state index in [2.05, 4.69) is 47.2 Å². The highest BCUT2D eigenvalue weighted by Gasteiger charge is 2.26. The summed E-state index contributed by atoms with van der Waals surface area (Å²) < 4.78 is 1.14. The highest BCUT2D eigenvalue weighted by atomic mass is 79.9. The van der Waals surface area contributed by atoms with E-state index in [9.17, 15) is 4.79 Å². The van der Waals surface area contributed by atoms with Crippen molar-refractivity contribution in [3.8, 4) is 0 Å². The van der Waals surface area contributed by atoms with Crippen LogP contribution in [0.15, 0.2) is 16.6 Å². The van der Waals surface area contributed by atoms with Crippen molar-refractivity contribution in [2.24, 2.45) is 5.92 Å². The summed E-state index contributed by atoms with van der Waals surface area (Å²) in [5.74, 6) is -0.849. The lowest BCUT2D eigenvalue weighted by molar-refractivity contribution is -0.142. The number of anilines is 1. The highest BCUT2D eigenvalue weighted by Crippen LogP contribution is 2.29. The van der Waals surface area contributed by atoms with Gasteiger partial charge in [0, 0.05) is 16.2 Å². The maximum atomic E-state index is 11.1. The first-order valence-corrected chi connectivity index (χ1v) is 7.52. The summed E-state index contributed by atoms with van der Waals surface area (Å²) in [6, 6.07) is 4.50. The molecule has 0 amide bonds. The van der Waals surface area contributed by atoms with Crippen molar-refractivity contribution < 1.29 is 9.90 Å². The average molecular weight is 326 g/mol. The molecule has 0 aromatic heterocycles. The standard InChI is InChI=1S/C15H20BrNO2/c1-9-6-13(7-10(2)14(9)16)17-12-5-3-4-11(8-12)15(18)19/h6-7,11-12,17H,3-5,8H2,1-2H3,(H,18,19). The number of halogens is 1. The van der Waals surface area contributed by atoms with Crippen LogP contribution in [-0.2, 0) is 4.79 Å². The Bertz CT molecular complexity index is 464. The van der Waals surface area contributed by atoms with E-state index in [1.807, 2.05) is 0 Å². The van der Waals surface area contributed by atoms with Gasteiger partial charge in [-0.15, -0.1) is 0 Å². The fourth-order valence-electron chi connectivity index (χ4n) is 2.81. The largest absolute Gasteiger partial charge is 0.481 e. The maximum absolute atomic E-state index is 11.1. The molecule has 1 aromatic carbocycles. The third-order valence-electron chi connectivity index (χ3n) is 3.83. The Morgan fingerprint density at radius 3 is 2.53 bits per heavy atom. The molecule has 1 aliphatic carbocycles. The Labute approximate surface area is 122 Å². The number of nitrogens with one attached hydrogen (secondary N) is 1. The lowest BCUT2D eigenvalue weighted by Crippen LogP contribution is -2.30. The molecule has 104 valence electrons. The van der Waals surface area contributed by atoms with Crippen molar-refractivity contribution in [3.05, 3.63) is 27.7 Å². The van der Waals surface area contributed by atoms with E-state index in [-0.39, 0.29) is 12.0 Å². The molecular formula is C15H20BrNO2. The number of carbonyl (C=O) groups is 1. The quantitative estimate of drug-likeness (QED) is 0.878. The number of rotatable bonds is 3. The molecule has 1 saturated carbocycles. The lowest BCUT2D eigenvalue weighted by Gasteiger charge is -2.28. The molecule has 2 unspecified atom stereocenters. The van der Waals surface area contributed by atoms with Crippen LogP contribution in [0.1, 0.15) is 36.8 Å². The second-order valence-electron chi connectivity index (χ2n) is 5.47. The van der Waals surface area contributed by atoms with Gasteiger partial charge >= 0.3 is 5.97 Å². The molecule has 1 aliphatic rings. The fourth-order valence-corrected chi connectivity index (χ4v) is 3.04. The van der Waals surface area contributed by atoms with Crippen LogP contribution in [0.5, 0.6) is 0 Å². The molecule has 3 nitrogen and oxygen atoms in total. The number of carboxylic acids is 1. The van der Waals surface area contributed by atoms with Gasteiger partial charge in [-0.3, -0.25) is 4.79 Å². The van der Waals surface area contributed by atoms with Crippen LogP contribution >= 0.6 is 15.9 Å². The molecule has 0 bridgehead atoms. The van der Waals surface area contributed by atoms with Crippen LogP contribution in [0.4, 0.5) is 5.69 Å². The zero-order chi connectivity index (χ0) is 14.0. The Morgan fingerprint density at radius 2 is 1.95 bits per heavy atom. The molecule has 2 N–H and O–H groups in total. The van der Waals surface area contributed by atoms with Gasteiger partial charge in [-0.2, -0.15) is 0 Å². The number of carboxylic acid groups (broad SMARTS) is 1. The molecule has 2 rings (SSSR count). The number of aryl methyl sites for hydroxylation is 2. The molecule has 4 heteroatoms. The Kier molecular flexibility index (Phi) is 4.50. The Balaban J connectivity index is 2.07. The lowest BCUT2D eigenvalue weighted by atomic mass is 9.85. The molecule has 0 saturated heterocycles. The Morgan fingerprint density at radius 1 is 1.32 bits per heavy atom. The number of hydrogen-bond donors (Lipinski definition) is 2. The molecule has 1 aromatic rings. The van der Waals surface area contributed by atoms with Gasteiger partial charge in [-0.1, -0.05) is 22.4 Å². The first kappa shape index (κ1) is 14.4. The van der Waals surface area contributed by atoms with Gasteiger partial charge in [0.2, 0.25) is 0 Å². The van der Waals surface area contributed by atoms with Crippen LogP contribution in [0.2, 0.25) is 0 Å². The summed E-state index contributed by atoms with van der Waals surface area (Å²) in [5, 5.41) is 12.6. The topological polar surface area (TPSA) is 49.3 Å². The fraction of sp³-hybridized carbons (Fsp3) is 0.533. The van der Waals surface area contributed by atoms with E-state index >= 15 is 0 Å². The molecule has 1 fully saturated rings. The number of aliphatic carboxylic acids is 1. The van der Waals surface area contributed by atoms with Gasteiger partial charge in [0.25, 0.3) is 0 Å². The summed E-state index contributed by atoms with van der Waals surface area (Å²) >= 11 is 3.56. The second-order valence-corrected chi connectivity index (χ2v) is 6.26. The number of benzene rings is 1. The van der Waals surface area contributed by atoms with E-state index < -0.39 is 5.97 Å². The van der Waals surface area contributed by atoms with Gasteiger partial charge in [-0.25, -0.2) is 0 Å². The predicted octanol–water partition coefficient (Wildman–Crippen LogP) is 4.12. The summed E-state index contributed by atoms with van der Waals surface area (Å²) in [4.78, 5) is 11.1. The van der Waals surface area contributed by atoms with Gasteiger partial charge in [-0.05, 0) is 56.4 Å². The first-order chi connectivity index (χ1) is 8.97. The third-order valence-corrected chi connectivity index (χ3v) is 5.08. The van der Waals surface area contributed by atoms with E-state index in [4.69, 9.17) is 5.11 Å². The summed E-state index contributed by atoms with van der Waals surface area (Å²) in [7, 11) is 0. The minimum Gasteiger partial charge on any atom is -0.481 e. The maximum Gasteiger partial charge on any atom is 0.306 e.